The number of halogens is 1. The van der Waals surface area contributed by atoms with E-state index in [9.17, 15) is 4.79 Å². The fourth-order valence-electron chi connectivity index (χ4n) is 3.11. The van der Waals surface area contributed by atoms with Crippen LogP contribution in [0.3, 0.4) is 0 Å². The first-order valence-corrected chi connectivity index (χ1v) is 7.70. The van der Waals surface area contributed by atoms with Crippen molar-refractivity contribution in [2.45, 2.75) is 6.04 Å². The number of hydrogen-bond donors (Lipinski definition) is 0. The minimum atomic E-state index is -0.116. The minimum absolute atomic E-state index is 0.112. The molecule has 0 fully saturated rings. The maximum absolute atomic E-state index is 12.7. The van der Waals surface area contributed by atoms with Crippen LogP contribution in [0.5, 0.6) is 0 Å². The fraction of sp³-hybridized carbons (Fsp3) is 0.111. The van der Waals surface area contributed by atoms with E-state index in [2.05, 4.69) is 4.98 Å². The summed E-state index contributed by atoms with van der Waals surface area (Å²) in [6, 6.07) is 15.5. The van der Waals surface area contributed by atoms with Gasteiger partial charge in [0.15, 0.2) is 5.82 Å². The summed E-state index contributed by atoms with van der Waals surface area (Å²) < 4.78 is 1.92. The summed E-state index contributed by atoms with van der Waals surface area (Å²) in [4.78, 5) is 18.6. The number of para-hydroxylation sites is 1. The first-order chi connectivity index (χ1) is 11.2. The Morgan fingerprint density at radius 3 is 2.61 bits per heavy atom. The van der Waals surface area contributed by atoms with E-state index in [0.29, 0.717) is 10.8 Å². The molecule has 1 atom stereocenters. The minimum Gasteiger partial charge on any atom is -0.315 e. The van der Waals surface area contributed by atoms with Crippen LogP contribution in [0.25, 0.3) is 0 Å². The molecule has 23 heavy (non-hydrogen) atoms. The van der Waals surface area contributed by atoms with Gasteiger partial charge in [-0.05, 0) is 23.8 Å². The van der Waals surface area contributed by atoms with Crippen LogP contribution in [0.15, 0.2) is 60.9 Å². The molecule has 114 valence electrons. The first kappa shape index (κ1) is 14.0. The predicted octanol–water partition coefficient (Wildman–Crippen LogP) is 3.76. The lowest BCUT2D eigenvalue weighted by Crippen LogP contribution is -2.27. The van der Waals surface area contributed by atoms with E-state index in [4.69, 9.17) is 11.6 Å². The molecule has 4 nitrogen and oxygen atoms in total. The van der Waals surface area contributed by atoms with Crippen molar-refractivity contribution in [3.63, 3.8) is 0 Å². The van der Waals surface area contributed by atoms with E-state index >= 15 is 0 Å². The van der Waals surface area contributed by atoms with Gasteiger partial charge in [0.1, 0.15) is 0 Å². The lowest BCUT2D eigenvalue weighted by molar-refractivity contribution is 0.0981. The second-order valence-electron chi connectivity index (χ2n) is 5.54. The molecule has 2 aromatic carbocycles. The molecule has 4 rings (SSSR count). The van der Waals surface area contributed by atoms with E-state index in [-0.39, 0.29) is 11.9 Å². The van der Waals surface area contributed by atoms with Gasteiger partial charge in [0.25, 0.3) is 5.91 Å². The van der Waals surface area contributed by atoms with Gasteiger partial charge in [0.2, 0.25) is 0 Å². The molecule has 3 aromatic rings. The van der Waals surface area contributed by atoms with Gasteiger partial charge in [-0.3, -0.25) is 4.79 Å². The number of aromatic nitrogens is 2. The van der Waals surface area contributed by atoms with Gasteiger partial charge in [0, 0.05) is 35.7 Å². The highest BCUT2D eigenvalue weighted by molar-refractivity contribution is 6.30. The summed E-state index contributed by atoms with van der Waals surface area (Å²) in [6.07, 6.45) is 3.51. The molecule has 2 heterocycles. The third-order valence-corrected chi connectivity index (χ3v) is 4.47. The predicted molar refractivity (Wildman–Crippen MR) is 90.1 cm³/mol. The Hall–Kier alpha value is -2.59. The van der Waals surface area contributed by atoms with Crippen LogP contribution >= 0.6 is 11.6 Å². The molecular weight excluding hydrogens is 310 g/mol. The largest absolute Gasteiger partial charge is 0.315 e. The Morgan fingerprint density at radius 2 is 1.83 bits per heavy atom. The first-order valence-electron chi connectivity index (χ1n) is 7.32. The maximum atomic E-state index is 12.7. The molecule has 1 aliphatic heterocycles. The van der Waals surface area contributed by atoms with Crippen LogP contribution in [0, 0.1) is 0 Å². The Morgan fingerprint density at radius 1 is 1.09 bits per heavy atom. The topological polar surface area (TPSA) is 38.1 Å². The summed E-state index contributed by atoms with van der Waals surface area (Å²) in [5.41, 5.74) is 3.01. The van der Waals surface area contributed by atoms with Crippen LogP contribution in [0.4, 0.5) is 5.69 Å². The molecule has 0 aliphatic carbocycles. The van der Waals surface area contributed by atoms with Crippen molar-refractivity contribution in [1.29, 1.82) is 0 Å². The molecule has 0 bridgehead atoms. The molecule has 1 aliphatic rings. The van der Waals surface area contributed by atoms with Crippen molar-refractivity contribution in [2.24, 2.45) is 0 Å². The summed E-state index contributed by atoms with van der Waals surface area (Å²) in [6.45, 7) is 0. The molecule has 5 heteroatoms. The highest BCUT2D eigenvalue weighted by Crippen LogP contribution is 2.37. The maximum Gasteiger partial charge on any atom is 0.294 e. The SMILES string of the molecule is CN1C(=O)c2nccn2C(c2ccc(Cl)cc2)c2ccccc21. The zero-order valence-corrected chi connectivity index (χ0v) is 13.2. The lowest BCUT2D eigenvalue weighted by Gasteiger charge is -2.22. The summed E-state index contributed by atoms with van der Waals surface area (Å²) in [5, 5.41) is 0.690. The molecule has 0 saturated heterocycles. The summed E-state index contributed by atoms with van der Waals surface area (Å²) in [7, 11) is 1.78. The number of hydrogen-bond acceptors (Lipinski definition) is 2. The van der Waals surface area contributed by atoms with Crippen LogP contribution < -0.4 is 4.90 Å². The van der Waals surface area contributed by atoms with Crippen molar-refractivity contribution in [2.75, 3.05) is 11.9 Å². The van der Waals surface area contributed by atoms with Gasteiger partial charge in [-0.2, -0.15) is 0 Å². The van der Waals surface area contributed by atoms with Crippen molar-refractivity contribution in [3.8, 4) is 0 Å². The zero-order chi connectivity index (χ0) is 16.0. The Balaban J connectivity index is 2.02. The molecule has 0 spiro atoms. The molecule has 0 N–H and O–H groups in total. The van der Waals surface area contributed by atoms with Crippen molar-refractivity contribution in [3.05, 3.63) is 82.9 Å². The third kappa shape index (κ3) is 2.14. The molecule has 0 saturated carbocycles. The smallest absolute Gasteiger partial charge is 0.294 e. The van der Waals surface area contributed by atoms with Crippen LogP contribution in [-0.2, 0) is 0 Å². The van der Waals surface area contributed by atoms with Gasteiger partial charge in [0.05, 0.1) is 6.04 Å². The van der Waals surface area contributed by atoms with Crippen molar-refractivity contribution >= 4 is 23.2 Å². The normalized spacial score (nSPS) is 16.7. The van der Waals surface area contributed by atoms with Crippen LogP contribution in [0.1, 0.15) is 27.8 Å². The quantitative estimate of drug-likeness (QED) is 0.684. The number of nitrogens with zero attached hydrogens (tertiary/aromatic N) is 3. The molecule has 1 unspecified atom stereocenters. The Kier molecular flexibility index (Phi) is 3.20. The van der Waals surface area contributed by atoms with E-state index in [1.165, 1.54) is 0 Å². The van der Waals surface area contributed by atoms with E-state index in [1.54, 1.807) is 18.1 Å². The summed E-state index contributed by atoms with van der Waals surface area (Å²) >= 11 is 6.03. The number of benzene rings is 2. The number of carbonyl (C=O) groups excluding carboxylic acids is 1. The average molecular weight is 324 g/mol. The average Bonchev–Trinajstić information content (AvgIpc) is 3.02. The monoisotopic (exact) mass is 323 g/mol. The fourth-order valence-corrected chi connectivity index (χ4v) is 3.23. The van der Waals surface area contributed by atoms with E-state index in [0.717, 1.165) is 16.8 Å². The van der Waals surface area contributed by atoms with Gasteiger partial charge in [-0.25, -0.2) is 4.98 Å². The second-order valence-corrected chi connectivity index (χ2v) is 5.97. The number of rotatable bonds is 1. The lowest BCUT2D eigenvalue weighted by atomic mass is 9.97. The number of imidazole rings is 1. The highest BCUT2D eigenvalue weighted by atomic mass is 35.5. The standard InChI is InChI=1S/C18H14ClN3O/c1-21-15-5-3-2-4-14(15)16(12-6-8-13(19)9-7-12)22-11-10-20-17(22)18(21)23/h2-11,16H,1H3. The molecule has 0 radical (unpaired) electrons. The molecule has 1 aromatic heterocycles. The van der Waals surface area contributed by atoms with E-state index in [1.807, 2.05) is 59.3 Å². The number of anilines is 1. The number of fused-ring (bicyclic) bond motifs is 2. The zero-order valence-electron chi connectivity index (χ0n) is 12.5. The van der Waals surface area contributed by atoms with Crippen LogP contribution in [-0.4, -0.2) is 22.5 Å². The molecular formula is C18H14ClN3O. The number of amides is 1. The Bertz CT molecular complexity index is 885. The molecule has 1 amide bonds. The van der Waals surface area contributed by atoms with Crippen LogP contribution in [0.2, 0.25) is 5.02 Å². The van der Waals surface area contributed by atoms with Crippen molar-refractivity contribution < 1.29 is 4.79 Å². The summed E-state index contributed by atoms with van der Waals surface area (Å²) in [5.74, 6) is 0.322. The number of carbonyl (C=O) groups is 1. The van der Waals surface area contributed by atoms with Gasteiger partial charge >= 0.3 is 0 Å². The van der Waals surface area contributed by atoms with E-state index < -0.39 is 0 Å². The van der Waals surface area contributed by atoms with Gasteiger partial charge in [-0.1, -0.05) is 41.9 Å². The van der Waals surface area contributed by atoms with Gasteiger partial charge < -0.3 is 9.47 Å². The second kappa shape index (κ2) is 5.25. The van der Waals surface area contributed by atoms with Crippen molar-refractivity contribution in [1.82, 2.24) is 9.55 Å². The van der Waals surface area contributed by atoms with Gasteiger partial charge in [-0.15, -0.1) is 0 Å². The Labute approximate surface area is 138 Å². The highest BCUT2D eigenvalue weighted by Gasteiger charge is 2.31. The third-order valence-electron chi connectivity index (χ3n) is 4.22.